The smallest absolute Gasteiger partial charge is 0.269 e. The van der Waals surface area contributed by atoms with Gasteiger partial charge in [0.1, 0.15) is 11.5 Å². The van der Waals surface area contributed by atoms with Gasteiger partial charge in [-0.1, -0.05) is 6.08 Å². The number of nitro groups is 1. The molecule has 2 aromatic rings. The lowest BCUT2D eigenvalue weighted by Gasteiger charge is -2.25. The summed E-state index contributed by atoms with van der Waals surface area (Å²) in [5.74, 6) is 0.813. The van der Waals surface area contributed by atoms with E-state index in [0.717, 1.165) is 16.4 Å². The number of methoxy groups -OCH3 is 2. The van der Waals surface area contributed by atoms with Crippen molar-refractivity contribution in [2.45, 2.75) is 4.90 Å². The molecule has 26 heavy (non-hydrogen) atoms. The first-order chi connectivity index (χ1) is 12.3. The van der Waals surface area contributed by atoms with Crippen LogP contribution >= 0.6 is 0 Å². The van der Waals surface area contributed by atoms with Crippen molar-refractivity contribution in [2.24, 2.45) is 0 Å². The second kappa shape index (κ2) is 7.87. The summed E-state index contributed by atoms with van der Waals surface area (Å²) in [6.45, 7) is 3.59. The maximum atomic E-state index is 13.0. The molecular formula is C17H18N2O6S. The van der Waals surface area contributed by atoms with Crippen LogP contribution in [0.3, 0.4) is 0 Å². The van der Waals surface area contributed by atoms with Crippen molar-refractivity contribution in [2.75, 3.05) is 25.1 Å². The minimum absolute atomic E-state index is 0.0119. The molecule has 0 unspecified atom stereocenters. The van der Waals surface area contributed by atoms with Crippen molar-refractivity contribution in [3.8, 4) is 11.5 Å². The van der Waals surface area contributed by atoms with E-state index in [2.05, 4.69) is 6.58 Å². The van der Waals surface area contributed by atoms with E-state index >= 15 is 0 Å². The van der Waals surface area contributed by atoms with Gasteiger partial charge in [-0.25, -0.2) is 8.42 Å². The van der Waals surface area contributed by atoms with E-state index in [-0.39, 0.29) is 17.1 Å². The molecule has 0 amide bonds. The molecule has 0 aliphatic rings. The SMILES string of the molecule is C=CCN(c1ccc(OC)cc1OC)S(=O)(=O)c1ccc([N+](=O)[O-])cc1. The Labute approximate surface area is 151 Å². The predicted octanol–water partition coefficient (Wildman–Crippen LogP) is 2.99. The molecule has 138 valence electrons. The number of non-ortho nitro benzene ring substituents is 1. The lowest BCUT2D eigenvalue weighted by atomic mass is 10.2. The molecule has 0 bridgehead atoms. The highest BCUT2D eigenvalue weighted by molar-refractivity contribution is 7.92. The number of sulfonamides is 1. The Balaban J connectivity index is 2.55. The maximum absolute atomic E-state index is 13.0. The summed E-state index contributed by atoms with van der Waals surface area (Å²) >= 11 is 0. The van der Waals surface area contributed by atoms with Crippen molar-refractivity contribution < 1.29 is 22.8 Å². The van der Waals surface area contributed by atoms with E-state index < -0.39 is 14.9 Å². The average molecular weight is 378 g/mol. The van der Waals surface area contributed by atoms with Crippen LogP contribution in [0.15, 0.2) is 60.0 Å². The highest BCUT2D eigenvalue weighted by Gasteiger charge is 2.27. The Morgan fingerprint density at radius 3 is 2.31 bits per heavy atom. The van der Waals surface area contributed by atoms with Gasteiger partial charge in [0.2, 0.25) is 0 Å². The second-order valence-corrected chi connectivity index (χ2v) is 6.98. The van der Waals surface area contributed by atoms with Crippen molar-refractivity contribution in [1.29, 1.82) is 0 Å². The second-order valence-electron chi connectivity index (χ2n) is 5.11. The molecule has 0 saturated carbocycles. The maximum Gasteiger partial charge on any atom is 0.269 e. The van der Waals surface area contributed by atoms with E-state index in [1.54, 1.807) is 18.2 Å². The summed E-state index contributed by atoms with van der Waals surface area (Å²) in [5, 5.41) is 10.8. The van der Waals surface area contributed by atoms with Crippen LogP contribution in [-0.2, 0) is 10.0 Å². The van der Waals surface area contributed by atoms with Gasteiger partial charge in [0.25, 0.3) is 15.7 Å². The normalized spacial score (nSPS) is 10.8. The number of hydrogen-bond donors (Lipinski definition) is 0. The molecule has 0 heterocycles. The minimum atomic E-state index is -3.99. The first-order valence-electron chi connectivity index (χ1n) is 7.45. The molecular weight excluding hydrogens is 360 g/mol. The van der Waals surface area contributed by atoms with Crippen molar-refractivity contribution >= 4 is 21.4 Å². The highest BCUT2D eigenvalue weighted by Crippen LogP contribution is 2.35. The third-order valence-electron chi connectivity index (χ3n) is 3.59. The Bertz CT molecular complexity index is 909. The summed E-state index contributed by atoms with van der Waals surface area (Å²) in [6.07, 6.45) is 1.44. The highest BCUT2D eigenvalue weighted by atomic mass is 32.2. The summed E-state index contributed by atoms with van der Waals surface area (Å²) in [5.41, 5.74) is 0.104. The number of ether oxygens (including phenoxy) is 2. The Hall–Kier alpha value is -3.07. The zero-order valence-electron chi connectivity index (χ0n) is 14.3. The monoisotopic (exact) mass is 378 g/mol. The molecule has 2 rings (SSSR count). The number of benzene rings is 2. The molecule has 0 N–H and O–H groups in total. The number of nitro benzene ring substituents is 1. The number of rotatable bonds is 8. The first-order valence-corrected chi connectivity index (χ1v) is 8.89. The fraction of sp³-hybridized carbons (Fsp3) is 0.176. The lowest BCUT2D eigenvalue weighted by molar-refractivity contribution is -0.384. The van der Waals surface area contributed by atoms with Crippen LogP contribution < -0.4 is 13.8 Å². The quantitative estimate of drug-likeness (QED) is 0.398. The Morgan fingerprint density at radius 1 is 1.15 bits per heavy atom. The standard InChI is InChI=1S/C17H18N2O6S/c1-4-11-18(16-10-7-14(24-2)12-17(16)25-3)26(22,23)15-8-5-13(6-9-15)19(20)21/h4-10,12H,1,11H2,2-3H3. The Morgan fingerprint density at radius 2 is 1.81 bits per heavy atom. The molecule has 0 spiro atoms. The summed E-state index contributed by atoms with van der Waals surface area (Å²) in [7, 11) is -1.08. The Kier molecular flexibility index (Phi) is 5.83. The molecule has 0 fully saturated rings. The zero-order chi connectivity index (χ0) is 19.3. The van der Waals surface area contributed by atoms with Crippen molar-refractivity contribution in [3.05, 3.63) is 65.2 Å². The van der Waals surface area contributed by atoms with Crippen LogP contribution in [0.25, 0.3) is 0 Å². The first kappa shape index (κ1) is 19.3. The van der Waals surface area contributed by atoms with Gasteiger partial charge >= 0.3 is 0 Å². The molecule has 2 aromatic carbocycles. The number of nitrogens with zero attached hydrogens (tertiary/aromatic N) is 2. The molecule has 0 aliphatic heterocycles. The summed E-state index contributed by atoms with van der Waals surface area (Å²) in [6, 6.07) is 9.41. The zero-order valence-corrected chi connectivity index (χ0v) is 15.1. The van der Waals surface area contributed by atoms with Gasteiger partial charge in [-0.2, -0.15) is 0 Å². The van der Waals surface area contributed by atoms with E-state index in [1.807, 2.05) is 0 Å². The third kappa shape index (κ3) is 3.77. The predicted molar refractivity (Wildman–Crippen MR) is 97.4 cm³/mol. The van der Waals surface area contributed by atoms with Crippen molar-refractivity contribution in [1.82, 2.24) is 0 Å². The van der Waals surface area contributed by atoms with E-state index in [9.17, 15) is 18.5 Å². The van der Waals surface area contributed by atoms with Crippen LogP contribution in [0.1, 0.15) is 0 Å². The molecule has 0 atom stereocenters. The third-order valence-corrected chi connectivity index (χ3v) is 5.38. The summed E-state index contributed by atoms with van der Waals surface area (Å²) in [4.78, 5) is 10.1. The molecule has 8 nitrogen and oxygen atoms in total. The van der Waals surface area contributed by atoms with Crippen molar-refractivity contribution in [3.63, 3.8) is 0 Å². The van der Waals surface area contributed by atoms with Crippen LogP contribution in [0.5, 0.6) is 11.5 Å². The average Bonchev–Trinajstić information content (AvgIpc) is 2.65. The van der Waals surface area contributed by atoms with Crippen LogP contribution in [0.2, 0.25) is 0 Å². The van der Waals surface area contributed by atoms with Gasteiger partial charge in [0, 0.05) is 18.2 Å². The largest absolute Gasteiger partial charge is 0.497 e. The van der Waals surface area contributed by atoms with Crippen LogP contribution in [0, 0.1) is 10.1 Å². The van der Waals surface area contributed by atoms with E-state index in [1.165, 1.54) is 32.4 Å². The van der Waals surface area contributed by atoms with Gasteiger partial charge < -0.3 is 9.47 Å². The van der Waals surface area contributed by atoms with Gasteiger partial charge in [0.05, 0.1) is 36.3 Å². The van der Waals surface area contributed by atoms with E-state index in [0.29, 0.717) is 17.2 Å². The molecule has 0 radical (unpaired) electrons. The number of hydrogen-bond acceptors (Lipinski definition) is 6. The van der Waals surface area contributed by atoms with Gasteiger partial charge in [0.15, 0.2) is 0 Å². The van der Waals surface area contributed by atoms with Crippen LogP contribution in [-0.4, -0.2) is 34.1 Å². The molecule has 9 heteroatoms. The fourth-order valence-corrected chi connectivity index (χ4v) is 3.75. The lowest BCUT2D eigenvalue weighted by Crippen LogP contribution is -2.31. The van der Waals surface area contributed by atoms with E-state index in [4.69, 9.17) is 9.47 Å². The molecule has 0 aromatic heterocycles. The van der Waals surface area contributed by atoms with Crippen LogP contribution in [0.4, 0.5) is 11.4 Å². The topological polar surface area (TPSA) is 99.0 Å². The molecule has 0 aliphatic carbocycles. The molecule has 0 saturated heterocycles. The number of anilines is 1. The van der Waals surface area contributed by atoms with Gasteiger partial charge in [-0.05, 0) is 24.3 Å². The van der Waals surface area contributed by atoms with Gasteiger partial charge in [-0.15, -0.1) is 6.58 Å². The fourth-order valence-electron chi connectivity index (χ4n) is 2.30. The van der Waals surface area contributed by atoms with Gasteiger partial charge in [-0.3, -0.25) is 14.4 Å². The summed E-state index contributed by atoms with van der Waals surface area (Å²) < 4.78 is 37.6. The minimum Gasteiger partial charge on any atom is -0.497 e.